The van der Waals surface area contributed by atoms with Crippen molar-refractivity contribution in [1.29, 1.82) is 0 Å². The molecule has 0 aliphatic carbocycles. The van der Waals surface area contributed by atoms with E-state index in [1.807, 2.05) is 18.7 Å². The van der Waals surface area contributed by atoms with Crippen LogP contribution in [0.4, 0.5) is 0 Å². The van der Waals surface area contributed by atoms with Crippen LogP contribution in [0.15, 0.2) is 11.6 Å². The molecule has 0 aliphatic rings. The fraction of sp³-hybridized carbons (Fsp3) is 0.786. The third kappa shape index (κ3) is 5.34. The molecule has 0 rings (SSSR count). The van der Waals surface area contributed by atoms with Gasteiger partial charge in [-0.2, -0.15) is 0 Å². The van der Waals surface area contributed by atoms with E-state index in [1.165, 1.54) is 12.8 Å². The van der Waals surface area contributed by atoms with Gasteiger partial charge in [-0.15, -0.1) is 0 Å². The van der Waals surface area contributed by atoms with E-state index in [1.54, 1.807) is 0 Å². The summed E-state index contributed by atoms with van der Waals surface area (Å²) in [6, 6.07) is 0. The normalized spacial score (nSPS) is 11.6. The molecule has 0 saturated heterocycles. The summed E-state index contributed by atoms with van der Waals surface area (Å²) in [4.78, 5) is 14.1. The van der Waals surface area contributed by atoms with E-state index < -0.39 is 0 Å². The van der Waals surface area contributed by atoms with Crippen LogP contribution in [0, 0.1) is 0 Å². The molecule has 0 aromatic heterocycles. The lowest BCUT2D eigenvalue weighted by Gasteiger charge is -2.20. The summed E-state index contributed by atoms with van der Waals surface area (Å²) in [7, 11) is 0. The lowest BCUT2D eigenvalue weighted by Crippen LogP contribution is -2.31. The Kier molecular flexibility index (Phi) is 8.97. The maximum atomic E-state index is 12.1. The molecule has 0 spiro atoms. The molecular formula is C14H27NO. The Morgan fingerprint density at radius 1 is 1.06 bits per heavy atom. The lowest BCUT2D eigenvalue weighted by atomic mass is 10.0. The molecule has 94 valence electrons. The van der Waals surface area contributed by atoms with Crippen LogP contribution in [-0.2, 0) is 4.79 Å². The molecule has 2 heteroatoms. The van der Waals surface area contributed by atoms with E-state index in [4.69, 9.17) is 0 Å². The highest BCUT2D eigenvalue weighted by Crippen LogP contribution is 2.13. The van der Waals surface area contributed by atoms with Crippen molar-refractivity contribution in [1.82, 2.24) is 4.90 Å². The highest BCUT2D eigenvalue weighted by atomic mass is 16.2. The lowest BCUT2D eigenvalue weighted by molar-refractivity contribution is -0.126. The van der Waals surface area contributed by atoms with Crippen LogP contribution in [-0.4, -0.2) is 23.9 Å². The number of rotatable bonds is 8. The zero-order chi connectivity index (χ0) is 12.4. The van der Waals surface area contributed by atoms with Crippen molar-refractivity contribution in [2.45, 2.75) is 59.8 Å². The van der Waals surface area contributed by atoms with E-state index in [0.717, 1.165) is 37.9 Å². The molecule has 0 N–H and O–H groups in total. The van der Waals surface area contributed by atoms with Gasteiger partial charge in [0.1, 0.15) is 0 Å². The highest BCUT2D eigenvalue weighted by molar-refractivity contribution is 5.93. The van der Waals surface area contributed by atoms with Gasteiger partial charge in [0.25, 0.3) is 0 Å². The molecule has 0 aromatic carbocycles. The van der Waals surface area contributed by atoms with Crippen molar-refractivity contribution in [3.63, 3.8) is 0 Å². The second-order valence-corrected chi connectivity index (χ2v) is 4.07. The summed E-state index contributed by atoms with van der Waals surface area (Å²) in [5.74, 6) is 0.239. The summed E-state index contributed by atoms with van der Waals surface area (Å²) in [5.41, 5.74) is 1.01. The van der Waals surface area contributed by atoms with E-state index >= 15 is 0 Å². The Hall–Kier alpha value is -0.790. The molecule has 0 aliphatic heterocycles. The quantitative estimate of drug-likeness (QED) is 0.455. The Bertz CT molecular complexity index is 217. The number of amides is 1. The van der Waals surface area contributed by atoms with Crippen molar-refractivity contribution < 1.29 is 4.79 Å². The van der Waals surface area contributed by atoms with E-state index in [-0.39, 0.29) is 5.91 Å². The largest absolute Gasteiger partial charge is 0.339 e. The molecule has 0 unspecified atom stereocenters. The van der Waals surface area contributed by atoms with Crippen LogP contribution in [0.25, 0.3) is 0 Å². The third-order valence-electron chi connectivity index (χ3n) is 2.83. The number of allylic oxidation sites excluding steroid dienone is 1. The van der Waals surface area contributed by atoms with Crippen molar-refractivity contribution in [2.75, 3.05) is 13.1 Å². The second-order valence-electron chi connectivity index (χ2n) is 4.07. The Morgan fingerprint density at radius 3 is 2.12 bits per heavy atom. The second kappa shape index (κ2) is 9.44. The molecule has 0 fully saturated rings. The Balaban J connectivity index is 4.40. The first-order valence-corrected chi connectivity index (χ1v) is 6.69. The first-order valence-electron chi connectivity index (χ1n) is 6.69. The monoisotopic (exact) mass is 225 g/mol. The minimum Gasteiger partial charge on any atom is -0.339 e. The molecule has 0 heterocycles. The minimum atomic E-state index is 0.239. The van der Waals surface area contributed by atoms with Gasteiger partial charge >= 0.3 is 0 Å². The zero-order valence-corrected chi connectivity index (χ0v) is 11.4. The summed E-state index contributed by atoms with van der Waals surface area (Å²) in [6.07, 6.45) is 7.54. The molecule has 16 heavy (non-hydrogen) atoms. The van der Waals surface area contributed by atoms with Crippen molar-refractivity contribution in [3.05, 3.63) is 11.6 Å². The van der Waals surface area contributed by atoms with Gasteiger partial charge in [-0.25, -0.2) is 0 Å². The van der Waals surface area contributed by atoms with Crippen molar-refractivity contribution >= 4 is 5.91 Å². The number of hydrogen-bond donors (Lipinski definition) is 0. The van der Waals surface area contributed by atoms with Crippen LogP contribution in [0.2, 0.25) is 0 Å². The average molecular weight is 225 g/mol. The molecule has 0 bridgehead atoms. The average Bonchev–Trinajstić information content (AvgIpc) is 2.29. The Morgan fingerprint density at radius 2 is 1.69 bits per heavy atom. The highest BCUT2D eigenvalue weighted by Gasteiger charge is 2.14. The standard InChI is InChI=1S/C14H27NO/c1-5-9-10-12-13(11-6-2)14(16)15(7-3)8-4/h11H,5-10,12H2,1-4H3. The van der Waals surface area contributed by atoms with Gasteiger partial charge in [0.05, 0.1) is 0 Å². The Labute approximate surface area is 101 Å². The SMILES string of the molecule is CCC=C(CCCCC)C(=O)N(CC)CC. The van der Waals surface area contributed by atoms with E-state index in [0.29, 0.717) is 0 Å². The fourth-order valence-electron chi connectivity index (χ4n) is 1.82. The predicted molar refractivity (Wildman–Crippen MR) is 70.4 cm³/mol. The van der Waals surface area contributed by atoms with Crippen LogP contribution in [0.5, 0.6) is 0 Å². The van der Waals surface area contributed by atoms with Crippen LogP contribution in [0.1, 0.15) is 59.8 Å². The number of nitrogens with zero attached hydrogens (tertiary/aromatic N) is 1. The first kappa shape index (κ1) is 15.2. The van der Waals surface area contributed by atoms with Gasteiger partial charge in [0.15, 0.2) is 0 Å². The summed E-state index contributed by atoms with van der Waals surface area (Å²) in [5, 5.41) is 0. The van der Waals surface area contributed by atoms with Gasteiger partial charge < -0.3 is 4.90 Å². The molecular weight excluding hydrogens is 198 g/mol. The third-order valence-corrected chi connectivity index (χ3v) is 2.83. The van der Waals surface area contributed by atoms with E-state index in [2.05, 4.69) is 19.9 Å². The number of hydrogen-bond acceptors (Lipinski definition) is 1. The number of unbranched alkanes of at least 4 members (excludes halogenated alkanes) is 2. The summed E-state index contributed by atoms with van der Waals surface area (Å²) in [6.45, 7) is 9.98. The van der Waals surface area contributed by atoms with Gasteiger partial charge in [0.2, 0.25) is 5.91 Å². The zero-order valence-electron chi connectivity index (χ0n) is 11.4. The van der Waals surface area contributed by atoms with Crippen LogP contribution in [0.3, 0.4) is 0 Å². The molecule has 0 saturated carbocycles. The molecule has 0 radical (unpaired) electrons. The number of likely N-dealkylation sites (N-methyl/N-ethyl adjacent to an activating group) is 1. The van der Waals surface area contributed by atoms with Gasteiger partial charge in [-0.3, -0.25) is 4.79 Å². The molecule has 2 nitrogen and oxygen atoms in total. The van der Waals surface area contributed by atoms with Gasteiger partial charge in [-0.1, -0.05) is 32.8 Å². The topological polar surface area (TPSA) is 20.3 Å². The van der Waals surface area contributed by atoms with Crippen molar-refractivity contribution in [3.8, 4) is 0 Å². The number of carbonyl (C=O) groups is 1. The predicted octanol–water partition coefficient (Wildman–Crippen LogP) is 3.77. The van der Waals surface area contributed by atoms with Crippen LogP contribution < -0.4 is 0 Å². The van der Waals surface area contributed by atoms with E-state index in [9.17, 15) is 4.79 Å². The fourth-order valence-corrected chi connectivity index (χ4v) is 1.82. The maximum Gasteiger partial charge on any atom is 0.249 e. The van der Waals surface area contributed by atoms with Crippen molar-refractivity contribution in [2.24, 2.45) is 0 Å². The molecule has 0 atom stereocenters. The smallest absolute Gasteiger partial charge is 0.249 e. The summed E-state index contributed by atoms with van der Waals surface area (Å²) >= 11 is 0. The minimum absolute atomic E-state index is 0.239. The molecule has 1 amide bonds. The van der Waals surface area contributed by atoms with Crippen LogP contribution >= 0.6 is 0 Å². The van der Waals surface area contributed by atoms with Gasteiger partial charge in [0, 0.05) is 18.7 Å². The first-order chi connectivity index (χ1) is 7.71. The van der Waals surface area contributed by atoms with Gasteiger partial charge in [-0.05, 0) is 33.1 Å². The maximum absolute atomic E-state index is 12.1. The summed E-state index contributed by atoms with van der Waals surface area (Å²) < 4.78 is 0. The molecule has 0 aromatic rings. The number of carbonyl (C=O) groups excluding carboxylic acids is 1.